The predicted octanol–water partition coefficient (Wildman–Crippen LogP) is 3.49. The summed E-state index contributed by atoms with van der Waals surface area (Å²) in [5.74, 6) is 0.845. The van der Waals surface area contributed by atoms with Gasteiger partial charge in [0.15, 0.2) is 0 Å². The van der Waals surface area contributed by atoms with E-state index >= 15 is 0 Å². The standard InChI is InChI=1S/C13H15ClN2OS/c1-9(17)10-5-6-15-13(7-10)16(2)8-11-3-4-12(14)18-11/h3-7,9,17H,8H2,1-2H3. The fourth-order valence-electron chi connectivity index (χ4n) is 1.65. The third-order valence-electron chi connectivity index (χ3n) is 2.66. The lowest BCUT2D eigenvalue weighted by molar-refractivity contribution is 0.199. The van der Waals surface area contributed by atoms with Crippen LogP contribution in [-0.4, -0.2) is 17.1 Å². The molecule has 1 atom stereocenters. The van der Waals surface area contributed by atoms with Gasteiger partial charge in [0.2, 0.25) is 0 Å². The lowest BCUT2D eigenvalue weighted by atomic mass is 10.2. The predicted molar refractivity (Wildman–Crippen MR) is 76.3 cm³/mol. The van der Waals surface area contributed by atoms with Gasteiger partial charge in [-0.1, -0.05) is 11.6 Å². The zero-order valence-corrected chi connectivity index (χ0v) is 11.9. The Balaban J connectivity index is 2.13. The Morgan fingerprint density at radius 1 is 1.44 bits per heavy atom. The molecule has 0 bridgehead atoms. The Morgan fingerprint density at radius 2 is 2.22 bits per heavy atom. The molecule has 1 N–H and O–H groups in total. The van der Waals surface area contributed by atoms with Gasteiger partial charge in [-0.15, -0.1) is 11.3 Å². The van der Waals surface area contributed by atoms with Crippen molar-refractivity contribution in [2.24, 2.45) is 0 Å². The molecule has 0 aliphatic carbocycles. The Labute approximate surface area is 116 Å². The number of pyridine rings is 1. The summed E-state index contributed by atoms with van der Waals surface area (Å²) in [6.07, 6.45) is 1.24. The molecule has 3 nitrogen and oxygen atoms in total. The van der Waals surface area contributed by atoms with Crippen LogP contribution in [0.3, 0.4) is 0 Å². The van der Waals surface area contributed by atoms with Crippen molar-refractivity contribution < 1.29 is 5.11 Å². The molecule has 0 fully saturated rings. The number of thiophene rings is 1. The second-order valence-corrected chi connectivity index (χ2v) is 5.98. The average molecular weight is 283 g/mol. The van der Waals surface area contributed by atoms with E-state index in [1.165, 1.54) is 4.88 Å². The zero-order valence-electron chi connectivity index (χ0n) is 10.3. The molecular weight excluding hydrogens is 268 g/mol. The monoisotopic (exact) mass is 282 g/mol. The topological polar surface area (TPSA) is 36.4 Å². The highest BCUT2D eigenvalue weighted by Gasteiger charge is 2.08. The molecule has 2 heterocycles. The Hall–Kier alpha value is -1.10. The maximum Gasteiger partial charge on any atom is 0.128 e. The van der Waals surface area contributed by atoms with Gasteiger partial charge >= 0.3 is 0 Å². The molecule has 1 unspecified atom stereocenters. The van der Waals surface area contributed by atoms with E-state index in [9.17, 15) is 5.11 Å². The van der Waals surface area contributed by atoms with E-state index in [2.05, 4.69) is 4.98 Å². The van der Waals surface area contributed by atoms with Gasteiger partial charge in [0.25, 0.3) is 0 Å². The molecule has 0 saturated carbocycles. The lowest BCUT2D eigenvalue weighted by Gasteiger charge is -2.18. The van der Waals surface area contributed by atoms with Crippen LogP contribution in [0.15, 0.2) is 30.5 Å². The van der Waals surface area contributed by atoms with E-state index in [1.807, 2.05) is 36.2 Å². The molecule has 0 amide bonds. The summed E-state index contributed by atoms with van der Waals surface area (Å²) in [6, 6.07) is 7.64. The average Bonchev–Trinajstić information content (AvgIpc) is 2.75. The van der Waals surface area contributed by atoms with Crippen molar-refractivity contribution in [3.63, 3.8) is 0 Å². The summed E-state index contributed by atoms with van der Waals surface area (Å²) in [5.41, 5.74) is 0.871. The van der Waals surface area contributed by atoms with E-state index in [4.69, 9.17) is 11.6 Å². The van der Waals surface area contributed by atoms with Gasteiger partial charge in [0, 0.05) is 18.1 Å². The highest BCUT2D eigenvalue weighted by molar-refractivity contribution is 7.16. The van der Waals surface area contributed by atoms with Gasteiger partial charge in [-0.2, -0.15) is 0 Å². The summed E-state index contributed by atoms with van der Waals surface area (Å²) in [5, 5.41) is 9.56. The second-order valence-electron chi connectivity index (χ2n) is 4.19. The van der Waals surface area contributed by atoms with Gasteiger partial charge in [-0.05, 0) is 36.8 Å². The third kappa shape index (κ3) is 3.22. The van der Waals surface area contributed by atoms with Gasteiger partial charge < -0.3 is 10.0 Å². The van der Waals surface area contributed by atoms with Crippen molar-refractivity contribution in [1.82, 2.24) is 4.98 Å². The first-order chi connectivity index (χ1) is 8.56. The molecule has 0 aliphatic heterocycles. The molecule has 0 aliphatic rings. The maximum absolute atomic E-state index is 9.56. The van der Waals surface area contributed by atoms with Gasteiger partial charge in [0.05, 0.1) is 17.0 Å². The number of aliphatic hydroxyl groups excluding tert-OH is 1. The zero-order chi connectivity index (χ0) is 13.1. The molecule has 96 valence electrons. The highest BCUT2D eigenvalue weighted by atomic mass is 35.5. The first-order valence-electron chi connectivity index (χ1n) is 5.65. The summed E-state index contributed by atoms with van der Waals surface area (Å²) in [7, 11) is 1.97. The lowest BCUT2D eigenvalue weighted by Crippen LogP contribution is -2.17. The molecule has 2 rings (SSSR count). The van der Waals surface area contributed by atoms with E-state index in [0.29, 0.717) is 0 Å². The largest absolute Gasteiger partial charge is 0.389 e. The van der Waals surface area contributed by atoms with Crippen molar-refractivity contribution in [3.05, 3.63) is 45.2 Å². The van der Waals surface area contributed by atoms with Gasteiger partial charge in [-0.25, -0.2) is 4.98 Å². The van der Waals surface area contributed by atoms with E-state index in [-0.39, 0.29) is 0 Å². The molecule has 5 heteroatoms. The number of hydrogen-bond acceptors (Lipinski definition) is 4. The van der Waals surface area contributed by atoms with Crippen LogP contribution in [0.2, 0.25) is 4.34 Å². The molecule has 0 saturated heterocycles. The van der Waals surface area contributed by atoms with E-state index in [1.54, 1.807) is 24.5 Å². The fourth-order valence-corrected chi connectivity index (χ4v) is 2.80. The van der Waals surface area contributed by atoms with Crippen molar-refractivity contribution >= 4 is 28.8 Å². The van der Waals surface area contributed by atoms with Crippen LogP contribution in [0.4, 0.5) is 5.82 Å². The van der Waals surface area contributed by atoms with E-state index in [0.717, 1.165) is 22.3 Å². The third-order valence-corrected chi connectivity index (χ3v) is 3.88. The molecule has 2 aromatic heterocycles. The quantitative estimate of drug-likeness (QED) is 0.933. The molecule has 18 heavy (non-hydrogen) atoms. The minimum absolute atomic E-state index is 0.476. The normalized spacial score (nSPS) is 12.4. The smallest absolute Gasteiger partial charge is 0.128 e. The van der Waals surface area contributed by atoms with Crippen LogP contribution in [0, 0.1) is 0 Å². The summed E-state index contributed by atoms with van der Waals surface area (Å²) in [4.78, 5) is 7.53. The minimum Gasteiger partial charge on any atom is -0.389 e. The Morgan fingerprint density at radius 3 is 2.83 bits per heavy atom. The van der Waals surface area contributed by atoms with Crippen LogP contribution < -0.4 is 4.90 Å². The van der Waals surface area contributed by atoms with Crippen LogP contribution in [0.25, 0.3) is 0 Å². The van der Waals surface area contributed by atoms with Crippen molar-refractivity contribution in [3.8, 4) is 0 Å². The number of anilines is 1. The number of aromatic nitrogens is 1. The van der Waals surface area contributed by atoms with Crippen LogP contribution in [-0.2, 0) is 6.54 Å². The van der Waals surface area contributed by atoms with Crippen molar-refractivity contribution in [2.75, 3.05) is 11.9 Å². The van der Waals surface area contributed by atoms with Gasteiger partial charge in [0.1, 0.15) is 5.82 Å². The van der Waals surface area contributed by atoms with Gasteiger partial charge in [-0.3, -0.25) is 0 Å². The van der Waals surface area contributed by atoms with Crippen LogP contribution in [0.1, 0.15) is 23.5 Å². The van der Waals surface area contributed by atoms with Crippen LogP contribution >= 0.6 is 22.9 Å². The van der Waals surface area contributed by atoms with Crippen molar-refractivity contribution in [2.45, 2.75) is 19.6 Å². The number of aliphatic hydroxyl groups is 1. The number of nitrogens with zero attached hydrogens (tertiary/aromatic N) is 2. The molecule has 0 radical (unpaired) electrons. The summed E-state index contributed by atoms with van der Waals surface area (Å²) < 4.78 is 0.795. The van der Waals surface area contributed by atoms with E-state index < -0.39 is 6.10 Å². The van der Waals surface area contributed by atoms with Crippen LogP contribution in [0.5, 0.6) is 0 Å². The molecule has 0 spiro atoms. The first kappa shape index (κ1) is 13.3. The Bertz CT molecular complexity index is 527. The number of hydrogen-bond donors (Lipinski definition) is 1. The van der Waals surface area contributed by atoms with Crippen molar-refractivity contribution in [1.29, 1.82) is 0 Å². The molecule has 2 aromatic rings. The Kier molecular flexibility index (Phi) is 4.22. The SMILES string of the molecule is CC(O)c1ccnc(N(C)Cc2ccc(Cl)s2)c1. The highest BCUT2D eigenvalue weighted by Crippen LogP contribution is 2.24. The fraction of sp³-hybridized carbons (Fsp3) is 0.308. The number of halogens is 1. The second kappa shape index (κ2) is 5.69. The summed E-state index contributed by atoms with van der Waals surface area (Å²) in [6.45, 7) is 2.51. The minimum atomic E-state index is -0.476. The summed E-state index contributed by atoms with van der Waals surface area (Å²) >= 11 is 7.48. The molecular formula is C13H15ClN2OS. The molecule has 0 aromatic carbocycles. The first-order valence-corrected chi connectivity index (χ1v) is 6.85. The maximum atomic E-state index is 9.56. The number of rotatable bonds is 4.